The molecule has 5 heteroatoms. The van der Waals surface area contributed by atoms with Crippen LogP contribution in [0.25, 0.3) is 0 Å². The number of hydrogen-bond donors (Lipinski definition) is 2. The molecule has 0 saturated carbocycles. The molecule has 18 heavy (non-hydrogen) atoms. The van der Waals surface area contributed by atoms with Crippen LogP contribution in [0.2, 0.25) is 0 Å². The summed E-state index contributed by atoms with van der Waals surface area (Å²) < 4.78 is 5.18. The Labute approximate surface area is 108 Å². The highest BCUT2D eigenvalue weighted by atomic mass is 16.5. The lowest BCUT2D eigenvalue weighted by molar-refractivity contribution is 0.145. The summed E-state index contributed by atoms with van der Waals surface area (Å²) >= 11 is 0. The Morgan fingerprint density at radius 1 is 1.39 bits per heavy atom. The number of hydrogen-bond acceptors (Lipinski definition) is 3. The first-order valence-electron chi connectivity index (χ1n) is 6.19. The number of nitrogens with one attached hydrogen (secondary N) is 2. The van der Waals surface area contributed by atoms with E-state index < -0.39 is 0 Å². The van der Waals surface area contributed by atoms with Gasteiger partial charge < -0.3 is 10.1 Å². The molecule has 0 unspecified atom stereocenters. The number of amides is 2. The smallest absolute Gasteiger partial charge is 0.320 e. The van der Waals surface area contributed by atoms with Crippen molar-refractivity contribution in [2.24, 2.45) is 0 Å². The van der Waals surface area contributed by atoms with Crippen LogP contribution in [-0.4, -0.2) is 30.8 Å². The molecule has 1 heterocycles. The summed E-state index contributed by atoms with van der Waals surface area (Å²) in [5.74, 6) is 0.579. The van der Waals surface area contributed by atoms with Crippen LogP contribution in [-0.2, 0) is 4.74 Å². The number of anilines is 1. The average molecular weight is 251 g/mol. The Balaban J connectivity index is 2.31. The highest BCUT2D eigenvalue weighted by Crippen LogP contribution is 2.08. The van der Waals surface area contributed by atoms with Gasteiger partial charge in [-0.2, -0.15) is 0 Å². The molecular formula is C13H21N3O2. The molecule has 5 nitrogen and oxygen atoms in total. The predicted molar refractivity (Wildman–Crippen MR) is 71.8 cm³/mol. The highest BCUT2D eigenvalue weighted by molar-refractivity contribution is 5.88. The highest BCUT2D eigenvalue weighted by Gasteiger charge is 2.03. The number of carbonyl (C=O) groups is 1. The van der Waals surface area contributed by atoms with E-state index in [1.807, 2.05) is 32.9 Å². The number of rotatable bonds is 6. The minimum absolute atomic E-state index is 0.232. The summed E-state index contributed by atoms with van der Waals surface area (Å²) in [5, 5.41) is 5.47. The lowest BCUT2D eigenvalue weighted by atomic mass is 10.2. The molecule has 0 spiro atoms. The van der Waals surface area contributed by atoms with E-state index >= 15 is 0 Å². The van der Waals surface area contributed by atoms with Crippen LogP contribution in [0.15, 0.2) is 12.1 Å². The van der Waals surface area contributed by atoms with Crippen molar-refractivity contribution in [3.05, 3.63) is 23.4 Å². The third-order valence-electron chi connectivity index (χ3n) is 2.29. The molecular weight excluding hydrogens is 230 g/mol. The van der Waals surface area contributed by atoms with Crippen LogP contribution in [0, 0.1) is 13.8 Å². The molecule has 2 N–H and O–H groups in total. The van der Waals surface area contributed by atoms with E-state index in [1.165, 1.54) is 0 Å². The van der Waals surface area contributed by atoms with Crippen molar-refractivity contribution in [3.8, 4) is 0 Å². The van der Waals surface area contributed by atoms with Gasteiger partial charge in [-0.3, -0.25) is 5.32 Å². The zero-order chi connectivity index (χ0) is 13.4. The second kappa shape index (κ2) is 7.66. The monoisotopic (exact) mass is 251 g/mol. The lowest BCUT2D eigenvalue weighted by Crippen LogP contribution is -2.30. The maximum absolute atomic E-state index is 11.6. The van der Waals surface area contributed by atoms with Gasteiger partial charge in [0.25, 0.3) is 0 Å². The van der Waals surface area contributed by atoms with Gasteiger partial charge in [0.2, 0.25) is 0 Å². The van der Waals surface area contributed by atoms with Crippen LogP contribution >= 0.6 is 0 Å². The number of pyridine rings is 1. The zero-order valence-corrected chi connectivity index (χ0v) is 11.2. The van der Waals surface area contributed by atoms with E-state index in [2.05, 4.69) is 15.6 Å². The van der Waals surface area contributed by atoms with Gasteiger partial charge >= 0.3 is 6.03 Å². The molecule has 0 aliphatic heterocycles. The Kier molecular flexibility index (Phi) is 6.14. The molecule has 1 aromatic rings. The van der Waals surface area contributed by atoms with Gasteiger partial charge in [0, 0.05) is 25.5 Å². The Hall–Kier alpha value is -1.62. The molecule has 0 saturated heterocycles. The van der Waals surface area contributed by atoms with Crippen molar-refractivity contribution in [1.29, 1.82) is 0 Å². The Morgan fingerprint density at radius 2 is 2.17 bits per heavy atom. The number of aromatic nitrogens is 1. The number of nitrogens with zero attached hydrogens (tertiary/aromatic N) is 1. The third kappa shape index (κ3) is 5.63. The topological polar surface area (TPSA) is 63.2 Å². The molecule has 0 atom stereocenters. The zero-order valence-electron chi connectivity index (χ0n) is 11.2. The number of carbonyl (C=O) groups excluding carboxylic acids is 1. The van der Waals surface area contributed by atoms with E-state index in [-0.39, 0.29) is 6.03 Å². The average Bonchev–Trinajstić information content (AvgIpc) is 2.27. The molecule has 1 aromatic heterocycles. The van der Waals surface area contributed by atoms with Crippen LogP contribution < -0.4 is 10.6 Å². The van der Waals surface area contributed by atoms with Crippen LogP contribution in [0.4, 0.5) is 10.6 Å². The van der Waals surface area contributed by atoms with Gasteiger partial charge in [-0.25, -0.2) is 9.78 Å². The minimum Gasteiger partial charge on any atom is -0.382 e. The Morgan fingerprint density at radius 3 is 2.83 bits per heavy atom. The van der Waals surface area contributed by atoms with Crippen molar-refractivity contribution in [2.45, 2.75) is 27.2 Å². The molecule has 0 fully saturated rings. The molecule has 2 amide bonds. The summed E-state index contributed by atoms with van der Waals surface area (Å²) in [5.41, 5.74) is 1.97. The first-order chi connectivity index (χ1) is 8.61. The molecule has 0 radical (unpaired) electrons. The van der Waals surface area contributed by atoms with Crippen molar-refractivity contribution in [1.82, 2.24) is 10.3 Å². The van der Waals surface area contributed by atoms with Gasteiger partial charge in [-0.05, 0) is 44.9 Å². The molecule has 1 rings (SSSR count). The van der Waals surface area contributed by atoms with Crippen molar-refractivity contribution >= 4 is 11.8 Å². The fourth-order valence-electron chi connectivity index (χ4n) is 1.59. The number of urea groups is 1. The first kappa shape index (κ1) is 14.4. The molecule has 0 aromatic carbocycles. The fraction of sp³-hybridized carbons (Fsp3) is 0.538. The maximum atomic E-state index is 11.6. The standard InChI is InChI=1S/C13H21N3O2/c1-4-18-7-5-6-14-13(17)16-12-9-10(2)8-11(3)15-12/h8-9H,4-7H2,1-3H3,(H2,14,15,16,17). The molecule has 0 aliphatic rings. The number of ether oxygens (including phenoxy) is 1. The van der Waals surface area contributed by atoms with Crippen LogP contribution in [0.5, 0.6) is 0 Å². The van der Waals surface area contributed by atoms with Gasteiger partial charge in [-0.1, -0.05) is 0 Å². The van der Waals surface area contributed by atoms with E-state index in [4.69, 9.17) is 4.74 Å². The van der Waals surface area contributed by atoms with Crippen LogP contribution in [0.3, 0.4) is 0 Å². The minimum atomic E-state index is -0.232. The molecule has 0 bridgehead atoms. The first-order valence-corrected chi connectivity index (χ1v) is 6.19. The lowest BCUT2D eigenvalue weighted by Gasteiger charge is -2.08. The van der Waals surface area contributed by atoms with Gasteiger partial charge in [0.15, 0.2) is 0 Å². The van der Waals surface area contributed by atoms with E-state index in [9.17, 15) is 4.79 Å². The predicted octanol–water partition coefficient (Wildman–Crippen LogP) is 2.25. The number of aryl methyl sites for hydroxylation is 2. The molecule has 0 aliphatic carbocycles. The maximum Gasteiger partial charge on any atom is 0.320 e. The quantitative estimate of drug-likeness (QED) is 0.762. The van der Waals surface area contributed by atoms with E-state index in [0.717, 1.165) is 17.7 Å². The van der Waals surface area contributed by atoms with E-state index in [1.54, 1.807) is 0 Å². The fourth-order valence-corrected chi connectivity index (χ4v) is 1.59. The van der Waals surface area contributed by atoms with Crippen LogP contribution in [0.1, 0.15) is 24.6 Å². The second-order valence-corrected chi connectivity index (χ2v) is 4.10. The van der Waals surface area contributed by atoms with Gasteiger partial charge in [0.1, 0.15) is 5.82 Å². The summed E-state index contributed by atoms with van der Waals surface area (Å²) in [6, 6.07) is 3.57. The third-order valence-corrected chi connectivity index (χ3v) is 2.29. The Bertz CT molecular complexity index is 374. The normalized spacial score (nSPS) is 10.2. The summed E-state index contributed by atoms with van der Waals surface area (Å²) in [6.45, 7) is 7.79. The summed E-state index contributed by atoms with van der Waals surface area (Å²) in [4.78, 5) is 15.8. The largest absolute Gasteiger partial charge is 0.382 e. The van der Waals surface area contributed by atoms with E-state index in [0.29, 0.717) is 25.6 Å². The van der Waals surface area contributed by atoms with Gasteiger partial charge in [-0.15, -0.1) is 0 Å². The van der Waals surface area contributed by atoms with Crippen molar-refractivity contribution in [2.75, 3.05) is 25.1 Å². The second-order valence-electron chi connectivity index (χ2n) is 4.10. The SMILES string of the molecule is CCOCCCNC(=O)Nc1cc(C)cc(C)n1. The summed E-state index contributed by atoms with van der Waals surface area (Å²) in [7, 11) is 0. The molecule has 100 valence electrons. The summed E-state index contributed by atoms with van der Waals surface area (Å²) in [6.07, 6.45) is 0.807. The van der Waals surface area contributed by atoms with Gasteiger partial charge in [0.05, 0.1) is 0 Å². The van der Waals surface area contributed by atoms with Crippen molar-refractivity contribution in [3.63, 3.8) is 0 Å². The van der Waals surface area contributed by atoms with Crippen molar-refractivity contribution < 1.29 is 9.53 Å².